The quantitative estimate of drug-likeness (QED) is 0.661. The first-order chi connectivity index (χ1) is 13.8. The first kappa shape index (κ1) is 22.0. The molecule has 0 radical (unpaired) electrons. The molecule has 29 heavy (non-hydrogen) atoms. The minimum Gasteiger partial charge on any atom is -0.481 e. The van der Waals surface area contributed by atoms with Crippen LogP contribution in [0.25, 0.3) is 0 Å². The molecule has 2 rings (SSSR count). The van der Waals surface area contributed by atoms with Gasteiger partial charge >= 0.3 is 0 Å². The molecule has 0 spiro atoms. The molecular formula is C19H22F2N4O4. The SMILES string of the molecule is COc1nc(OCC(F)F)ccc1CNC(=O)c1cccnc1NC(=O)C(C)C. The van der Waals surface area contributed by atoms with E-state index in [2.05, 4.69) is 20.6 Å². The van der Waals surface area contributed by atoms with Gasteiger partial charge in [0.2, 0.25) is 17.7 Å². The summed E-state index contributed by atoms with van der Waals surface area (Å²) >= 11 is 0. The highest BCUT2D eigenvalue weighted by molar-refractivity contribution is 6.02. The zero-order valence-electron chi connectivity index (χ0n) is 16.2. The zero-order valence-corrected chi connectivity index (χ0v) is 16.2. The van der Waals surface area contributed by atoms with E-state index in [4.69, 9.17) is 9.47 Å². The summed E-state index contributed by atoms with van der Waals surface area (Å²) in [5, 5.41) is 5.31. The Morgan fingerprint density at radius 3 is 2.62 bits per heavy atom. The average molecular weight is 408 g/mol. The second-order valence-corrected chi connectivity index (χ2v) is 6.25. The molecule has 0 unspecified atom stereocenters. The molecular weight excluding hydrogens is 386 g/mol. The van der Waals surface area contributed by atoms with E-state index in [0.29, 0.717) is 5.56 Å². The van der Waals surface area contributed by atoms with Crippen LogP contribution < -0.4 is 20.1 Å². The highest BCUT2D eigenvalue weighted by atomic mass is 19.3. The highest BCUT2D eigenvalue weighted by Crippen LogP contribution is 2.21. The average Bonchev–Trinajstić information content (AvgIpc) is 2.70. The molecule has 2 N–H and O–H groups in total. The number of halogens is 2. The van der Waals surface area contributed by atoms with Crippen LogP contribution in [0.3, 0.4) is 0 Å². The van der Waals surface area contributed by atoms with Gasteiger partial charge < -0.3 is 20.1 Å². The molecule has 0 aliphatic carbocycles. The predicted octanol–water partition coefficient (Wildman–Crippen LogP) is 2.65. The number of methoxy groups -OCH3 is 1. The molecule has 0 aromatic carbocycles. The molecule has 2 heterocycles. The lowest BCUT2D eigenvalue weighted by atomic mass is 10.2. The number of rotatable bonds is 9. The van der Waals surface area contributed by atoms with Crippen LogP contribution in [0.15, 0.2) is 30.5 Å². The van der Waals surface area contributed by atoms with E-state index < -0.39 is 18.9 Å². The van der Waals surface area contributed by atoms with Crippen molar-refractivity contribution >= 4 is 17.6 Å². The van der Waals surface area contributed by atoms with E-state index in [1.54, 1.807) is 26.0 Å². The van der Waals surface area contributed by atoms with Gasteiger partial charge in [0.05, 0.1) is 12.7 Å². The predicted molar refractivity (Wildman–Crippen MR) is 101 cm³/mol. The van der Waals surface area contributed by atoms with E-state index in [1.807, 2.05) is 0 Å². The molecule has 0 aliphatic rings. The lowest BCUT2D eigenvalue weighted by molar-refractivity contribution is -0.118. The van der Waals surface area contributed by atoms with Crippen molar-refractivity contribution in [2.24, 2.45) is 5.92 Å². The van der Waals surface area contributed by atoms with Crippen molar-refractivity contribution in [2.75, 3.05) is 19.0 Å². The Labute approximate surface area is 166 Å². The molecule has 0 atom stereocenters. The van der Waals surface area contributed by atoms with Crippen LogP contribution in [-0.2, 0) is 11.3 Å². The van der Waals surface area contributed by atoms with Gasteiger partial charge in [-0.2, -0.15) is 4.98 Å². The Morgan fingerprint density at radius 1 is 1.21 bits per heavy atom. The second-order valence-electron chi connectivity index (χ2n) is 6.25. The molecule has 2 aromatic heterocycles. The van der Waals surface area contributed by atoms with Crippen LogP contribution in [0.2, 0.25) is 0 Å². The van der Waals surface area contributed by atoms with E-state index in [9.17, 15) is 18.4 Å². The summed E-state index contributed by atoms with van der Waals surface area (Å²) < 4.78 is 34.5. The van der Waals surface area contributed by atoms with E-state index in [1.165, 1.54) is 25.4 Å². The number of amides is 2. The number of carbonyl (C=O) groups is 2. The largest absolute Gasteiger partial charge is 0.481 e. The molecule has 0 saturated heterocycles. The van der Waals surface area contributed by atoms with Gasteiger partial charge in [-0.25, -0.2) is 13.8 Å². The fraction of sp³-hybridized carbons (Fsp3) is 0.368. The van der Waals surface area contributed by atoms with Crippen molar-refractivity contribution in [3.63, 3.8) is 0 Å². The van der Waals surface area contributed by atoms with Gasteiger partial charge in [0.15, 0.2) is 6.61 Å². The summed E-state index contributed by atoms with van der Waals surface area (Å²) in [5.74, 6) is -0.710. The summed E-state index contributed by atoms with van der Waals surface area (Å²) in [4.78, 5) is 32.5. The Kier molecular flexibility index (Phi) is 7.81. The van der Waals surface area contributed by atoms with Crippen molar-refractivity contribution in [2.45, 2.75) is 26.8 Å². The number of hydrogen-bond acceptors (Lipinski definition) is 6. The maximum absolute atomic E-state index is 12.6. The van der Waals surface area contributed by atoms with Crippen LogP contribution in [0.5, 0.6) is 11.8 Å². The lowest BCUT2D eigenvalue weighted by Gasteiger charge is -2.13. The standard InChI is InChI=1S/C19H22F2N4O4/c1-11(2)17(26)25-16-13(5-4-8-22-16)18(27)23-9-12-6-7-15(24-19(12)28-3)29-10-14(20)21/h4-8,11,14H,9-10H2,1-3H3,(H,23,27)(H,22,25,26). The Morgan fingerprint density at radius 2 is 1.97 bits per heavy atom. The number of aromatic nitrogens is 2. The summed E-state index contributed by atoms with van der Waals surface area (Å²) in [6.45, 7) is 2.73. The maximum atomic E-state index is 12.6. The molecule has 0 fully saturated rings. The molecule has 8 nitrogen and oxygen atoms in total. The zero-order chi connectivity index (χ0) is 21.4. The van der Waals surface area contributed by atoms with Crippen LogP contribution in [-0.4, -0.2) is 41.9 Å². The first-order valence-electron chi connectivity index (χ1n) is 8.80. The third-order valence-electron chi connectivity index (χ3n) is 3.72. The second kappa shape index (κ2) is 10.3. The molecule has 10 heteroatoms. The Bertz CT molecular complexity index is 862. The summed E-state index contributed by atoms with van der Waals surface area (Å²) in [5.41, 5.74) is 0.715. The third kappa shape index (κ3) is 6.37. The number of anilines is 1. The smallest absolute Gasteiger partial charge is 0.272 e. The highest BCUT2D eigenvalue weighted by Gasteiger charge is 2.17. The van der Waals surface area contributed by atoms with Crippen molar-refractivity contribution < 1.29 is 27.8 Å². The summed E-state index contributed by atoms with van der Waals surface area (Å²) in [7, 11) is 1.37. The fourth-order valence-corrected chi connectivity index (χ4v) is 2.21. The van der Waals surface area contributed by atoms with Gasteiger partial charge in [-0.3, -0.25) is 9.59 Å². The maximum Gasteiger partial charge on any atom is 0.272 e. The molecule has 156 valence electrons. The minimum absolute atomic E-state index is 0.0110. The molecule has 0 aliphatic heterocycles. The first-order valence-corrected chi connectivity index (χ1v) is 8.80. The van der Waals surface area contributed by atoms with E-state index >= 15 is 0 Å². The Balaban J connectivity index is 2.08. The molecule has 2 aromatic rings. The van der Waals surface area contributed by atoms with Gasteiger partial charge in [-0.15, -0.1) is 0 Å². The number of carbonyl (C=O) groups excluding carboxylic acids is 2. The van der Waals surface area contributed by atoms with Crippen molar-refractivity contribution in [1.82, 2.24) is 15.3 Å². The van der Waals surface area contributed by atoms with Gasteiger partial charge in [0.1, 0.15) is 5.82 Å². The fourth-order valence-electron chi connectivity index (χ4n) is 2.21. The lowest BCUT2D eigenvalue weighted by Crippen LogP contribution is -2.26. The monoisotopic (exact) mass is 408 g/mol. The van der Waals surface area contributed by atoms with Crippen LogP contribution in [0.1, 0.15) is 29.8 Å². The molecule has 2 amide bonds. The minimum atomic E-state index is -2.62. The normalized spacial score (nSPS) is 10.7. The summed E-state index contributed by atoms with van der Waals surface area (Å²) in [6, 6.07) is 6.08. The number of hydrogen-bond donors (Lipinski definition) is 2. The van der Waals surface area contributed by atoms with E-state index in [-0.39, 0.29) is 41.5 Å². The third-order valence-corrected chi connectivity index (χ3v) is 3.72. The van der Waals surface area contributed by atoms with Gasteiger partial charge in [-0.1, -0.05) is 13.8 Å². The number of ether oxygens (including phenoxy) is 2. The van der Waals surface area contributed by atoms with Crippen molar-refractivity contribution in [1.29, 1.82) is 0 Å². The van der Waals surface area contributed by atoms with Crippen LogP contribution >= 0.6 is 0 Å². The Hall–Kier alpha value is -3.30. The molecule has 0 saturated carbocycles. The summed E-state index contributed by atoms with van der Waals surface area (Å²) in [6.07, 6.45) is -1.15. The number of alkyl halides is 2. The number of pyridine rings is 2. The van der Waals surface area contributed by atoms with Crippen molar-refractivity contribution in [3.8, 4) is 11.8 Å². The van der Waals surface area contributed by atoms with Crippen molar-refractivity contribution in [3.05, 3.63) is 41.6 Å². The van der Waals surface area contributed by atoms with Gasteiger partial charge in [-0.05, 0) is 18.2 Å². The van der Waals surface area contributed by atoms with Gasteiger partial charge in [0.25, 0.3) is 12.3 Å². The van der Waals surface area contributed by atoms with Crippen LogP contribution in [0, 0.1) is 5.92 Å². The topological polar surface area (TPSA) is 102 Å². The number of nitrogens with zero attached hydrogens (tertiary/aromatic N) is 2. The van der Waals surface area contributed by atoms with Gasteiger partial charge in [0, 0.05) is 30.3 Å². The number of nitrogens with one attached hydrogen (secondary N) is 2. The molecule has 0 bridgehead atoms. The van der Waals surface area contributed by atoms with Crippen LogP contribution in [0.4, 0.5) is 14.6 Å². The van der Waals surface area contributed by atoms with E-state index in [0.717, 1.165) is 0 Å².